The summed E-state index contributed by atoms with van der Waals surface area (Å²) >= 11 is 0. The third kappa shape index (κ3) is 2.95. The minimum absolute atomic E-state index is 0.170. The minimum Gasteiger partial charge on any atom is -0.480 e. The summed E-state index contributed by atoms with van der Waals surface area (Å²) in [4.78, 5) is 25.2. The van der Waals surface area contributed by atoms with Gasteiger partial charge >= 0.3 is 5.97 Å². The zero-order valence-corrected chi connectivity index (χ0v) is 12.3. The van der Waals surface area contributed by atoms with Crippen LogP contribution in [0.2, 0.25) is 0 Å². The van der Waals surface area contributed by atoms with Gasteiger partial charge in [0.2, 0.25) is 15.9 Å². The van der Waals surface area contributed by atoms with Gasteiger partial charge in [0.15, 0.2) is 0 Å². The number of likely N-dealkylation sites (tertiary alicyclic amines) is 1. The standard InChI is InChI=1S/C12H20N2O5S/c1-20(18,19)13-9-3-7-14(8-4-9)10(15)12(11(16)17)5-2-6-12/h9,13H,2-8H2,1H3,(H,16,17). The number of hydrogen-bond donors (Lipinski definition) is 2. The molecule has 0 aromatic carbocycles. The average Bonchev–Trinajstić information content (AvgIpc) is 2.25. The maximum atomic E-state index is 12.3. The van der Waals surface area contributed by atoms with E-state index in [1.165, 1.54) is 0 Å². The number of aliphatic carboxylic acids is 1. The fourth-order valence-corrected chi connectivity index (χ4v) is 3.70. The predicted molar refractivity (Wildman–Crippen MR) is 71.5 cm³/mol. The molecule has 0 unspecified atom stereocenters. The zero-order valence-electron chi connectivity index (χ0n) is 11.5. The Morgan fingerprint density at radius 1 is 1.25 bits per heavy atom. The minimum atomic E-state index is -3.24. The summed E-state index contributed by atoms with van der Waals surface area (Å²) in [7, 11) is -3.24. The van der Waals surface area contributed by atoms with Crippen molar-refractivity contribution in [1.82, 2.24) is 9.62 Å². The van der Waals surface area contributed by atoms with Gasteiger partial charge in [0.1, 0.15) is 5.41 Å². The van der Waals surface area contributed by atoms with Crippen LogP contribution in [-0.4, -0.2) is 55.7 Å². The van der Waals surface area contributed by atoms with Crippen molar-refractivity contribution in [3.05, 3.63) is 0 Å². The van der Waals surface area contributed by atoms with Crippen molar-refractivity contribution < 1.29 is 23.1 Å². The second kappa shape index (κ2) is 5.33. The summed E-state index contributed by atoms with van der Waals surface area (Å²) in [6, 6.07) is -0.170. The Morgan fingerprint density at radius 3 is 2.15 bits per heavy atom. The van der Waals surface area contributed by atoms with Crippen LogP contribution in [0, 0.1) is 5.41 Å². The molecule has 7 nitrogen and oxygen atoms in total. The van der Waals surface area contributed by atoms with E-state index in [0.717, 1.165) is 12.7 Å². The van der Waals surface area contributed by atoms with Gasteiger partial charge in [-0.05, 0) is 25.7 Å². The molecule has 0 bridgehead atoms. The number of sulfonamides is 1. The highest BCUT2D eigenvalue weighted by molar-refractivity contribution is 7.88. The lowest BCUT2D eigenvalue weighted by Crippen LogP contribution is -2.55. The Balaban J connectivity index is 1.94. The van der Waals surface area contributed by atoms with Gasteiger partial charge in [0.05, 0.1) is 6.26 Å². The van der Waals surface area contributed by atoms with Gasteiger partial charge in [0, 0.05) is 19.1 Å². The number of rotatable bonds is 4. The molecule has 0 aromatic rings. The van der Waals surface area contributed by atoms with Crippen LogP contribution in [0.25, 0.3) is 0 Å². The molecule has 114 valence electrons. The Morgan fingerprint density at radius 2 is 1.80 bits per heavy atom. The highest BCUT2D eigenvalue weighted by Crippen LogP contribution is 2.43. The quantitative estimate of drug-likeness (QED) is 0.699. The van der Waals surface area contributed by atoms with Crippen LogP contribution < -0.4 is 4.72 Å². The number of nitrogens with zero attached hydrogens (tertiary/aromatic N) is 1. The van der Waals surface area contributed by atoms with Gasteiger partial charge in [-0.2, -0.15) is 0 Å². The topological polar surface area (TPSA) is 104 Å². The maximum Gasteiger partial charge on any atom is 0.319 e. The lowest BCUT2D eigenvalue weighted by Gasteiger charge is -2.42. The molecule has 2 aliphatic rings. The first-order valence-corrected chi connectivity index (χ1v) is 8.64. The van der Waals surface area contributed by atoms with Crippen LogP contribution in [0.15, 0.2) is 0 Å². The molecule has 8 heteroatoms. The maximum absolute atomic E-state index is 12.3. The first-order chi connectivity index (χ1) is 9.24. The van der Waals surface area contributed by atoms with Gasteiger partial charge < -0.3 is 10.0 Å². The van der Waals surface area contributed by atoms with Crippen molar-refractivity contribution in [2.24, 2.45) is 5.41 Å². The van der Waals surface area contributed by atoms with Crippen LogP contribution in [0.3, 0.4) is 0 Å². The molecular formula is C12H20N2O5S. The average molecular weight is 304 g/mol. The first kappa shape index (κ1) is 15.2. The molecule has 2 fully saturated rings. The van der Waals surface area contributed by atoms with Gasteiger partial charge in [-0.1, -0.05) is 6.42 Å². The SMILES string of the molecule is CS(=O)(=O)NC1CCN(C(=O)C2(C(=O)O)CCC2)CC1. The summed E-state index contributed by atoms with van der Waals surface area (Å²) in [6.45, 7) is 0.808. The second-order valence-electron chi connectivity index (χ2n) is 5.70. The van der Waals surface area contributed by atoms with Gasteiger partial charge in [-0.25, -0.2) is 13.1 Å². The highest BCUT2D eigenvalue weighted by Gasteiger charge is 2.53. The van der Waals surface area contributed by atoms with Gasteiger partial charge in [0.25, 0.3) is 0 Å². The lowest BCUT2D eigenvalue weighted by atomic mass is 9.67. The molecule has 1 saturated carbocycles. The largest absolute Gasteiger partial charge is 0.480 e. The Hall–Kier alpha value is -1.15. The number of piperidine rings is 1. The van der Waals surface area contributed by atoms with Crippen LogP contribution in [0.1, 0.15) is 32.1 Å². The number of carboxylic acid groups (broad SMARTS) is 1. The van der Waals surface area contributed by atoms with E-state index in [0.29, 0.717) is 38.8 Å². The van der Waals surface area contributed by atoms with E-state index in [9.17, 15) is 23.1 Å². The monoisotopic (exact) mass is 304 g/mol. The Bertz CT molecular complexity index is 504. The van der Waals surface area contributed by atoms with Crippen molar-refractivity contribution in [3.8, 4) is 0 Å². The summed E-state index contributed by atoms with van der Waals surface area (Å²) in [5.41, 5.74) is -1.23. The van der Waals surface area contributed by atoms with Gasteiger partial charge in [-0.3, -0.25) is 9.59 Å². The Labute approximate surface area is 118 Å². The molecule has 0 aromatic heterocycles. The Kier molecular flexibility index (Phi) is 4.06. The van der Waals surface area contributed by atoms with E-state index in [4.69, 9.17) is 0 Å². The summed E-state index contributed by atoms with van der Waals surface area (Å²) in [5, 5.41) is 9.25. The molecule has 2 rings (SSSR count). The molecule has 1 heterocycles. The van der Waals surface area contributed by atoms with Crippen LogP contribution in [-0.2, 0) is 19.6 Å². The predicted octanol–water partition coefficient (Wildman–Crippen LogP) is -0.218. The summed E-state index contributed by atoms with van der Waals surface area (Å²) in [5.74, 6) is -1.35. The van der Waals surface area contributed by atoms with E-state index in [1.54, 1.807) is 4.90 Å². The molecule has 1 aliphatic heterocycles. The van der Waals surface area contributed by atoms with Crippen molar-refractivity contribution in [1.29, 1.82) is 0 Å². The number of carbonyl (C=O) groups is 2. The third-order valence-electron chi connectivity index (χ3n) is 4.19. The lowest BCUT2D eigenvalue weighted by molar-refractivity contribution is -0.168. The van der Waals surface area contributed by atoms with Crippen molar-refractivity contribution in [2.45, 2.75) is 38.1 Å². The van der Waals surface area contributed by atoms with E-state index in [2.05, 4.69) is 4.72 Å². The van der Waals surface area contributed by atoms with Crippen molar-refractivity contribution in [3.63, 3.8) is 0 Å². The van der Waals surface area contributed by atoms with E-state index in [-0.39, 0.29) is 11.9 Å². The molecule has 2 N–H and O–H groups in total. The number of carbonyl (C=O) groups excluding carboxylic acids is 1. The van der Waals surface area contributed by atoms with Crippen LogP contribution >= 0.6 is 0 Å². The normalized spacial score (nSPS) is 23.1. The van der Waals surface area contributed by atoms with Gasteiger partial charge in [-0.15, -0.1) is 0 Å². The smallest absolute Gasteiger partial charge is 0.319 e. The van der Waals surface area contributed by atoms with E-state index >= 15 is 0 Å². The van der Waals surface area contributed by atoms with Crippen molar-refractivity contribution >= 4 is 21.9 Å². The molecule has 20 heavy (non-hydrogen) atoms. The van der Waals surface area contributed by atoms with Crippen molar-refractivity contribution in [2.75, 3.05) is 19.3 Å². The highest BCUT2D eigenvalue weighted by atomic mass is 32.2. The van der Waals surface area contributed by atoms with Crippen LogP contribution in [0.5, 0.6) is 0 Å². The number of amides is 1. The number of hydrogen-bond acceptors (Lipinski definition) is 4. The fourth-order valence-electron chi connectivity index (χ4n) is 2.86. The zero-order chi connectivity index (χ0) is 15.0. The summed E-state index contributed by atoms with van der Waals surface area (Å²) < 4.78 is 24.8. The van der Waals surface area contributed by atoms with E-state index < -0.39 is 21.4 Å². The molecule has 1 aliphatic carbocycles. The molecular weight excluding hydrogens is 284 g/mol. The van der Waals surface area contributed by atoms with Crippen LogP contribution in [0.4, 0.5) is 0 Å². The first-order valence-electron chi connectivity index (χ1n) is 6.75. The third-order valence-corrected chi connectivity index (χ3v) is 4.95. The summed E-state index contributed by atoms with van der Waals surface area (Å²) in [6.07, 6.45) is 3.73. The fraction of sp³-hybridized carbons (Fsp3) is 0.833. The molecule has 0 radical (unpaired) electrons. The molecule has 0 atom stereocenters. The molecule has 1 saturated heterocycles. The number of nitrogens with one attached hydrogen (secondary N) is 1. The van der Waals surface area contributed by atoms with E-state index in [1.807, 2.05) is 0 Å². The molecule has 1 amide bonds. The second-order valence-corrected chi connectivity index (χ2v) is 7.48. The number of carboxylic acids is 1. The molecule has 0 spiro atoms.